The standard InChI is InChI=1S/C21H23N5O6/c22-21(23)25-14-3-1-2-13(8-14)20(30)24-11-18(27)26-15(10-19(28)29)12-4-5-16-17(9-12)32-7-6-31-16/h1-5,8-9,15H,6-7,10-11H2,(H,24,30)(H,26,27)(H,28,29)(H4,22,23,25). The van der Waals surface area contributed by atoms with Crippen LogP contribution in [0.25, 0.3) is 0 Å². The summed E-state index contributed by atoms with van der Waals surface area (Å²) in [5.41, 5.74) is 11.9. The van der Waals surface area contributed by atoms with E-state index in [9.17, 15) is 19.5 Å². The van der Waals surface area contributed by atoms with Crippen LogP contribution in [0.2, 0.25) is 0 Å². The number of nitrogens with two attached hydrogens (primary N) is 2. The molecule has 1 heterocycles. The van der Waals surface area contributed by atoms with Crippen LogP contribution in [0.1, 0.15) is 28.4 Å². The summed E-state index contributed by atoms with van der Waals surface area (Å²) in [5.74, 6) is -1.28. The Bertz CT molecular complexity index is 1050. The second-order valence-electron chi connectivity index (χ2n) is 6.89. The highest BCUT2D eigenvalue weighted by molar-refractivity contribution is 5.97. The Hall–Kier alpha value is -4.28. The molecular formula is C21H23N5O6. The molecule has 2 amide bonds. The van der Waals surface area contributed by atoms with Crippen molar-refractivity contribution in [2.45, 2.75) is 12.5 Å². The molecular weight excluding hydrogens is 418 g/mol. The maximum Gasteiger partial charge on any atom is 0.305 e. The molecule has 168 valence electrons. The number of nitrogens with zero attached hydrogens (tertiary/aromatic N) is 1. The van der Waals surface area contributed by atoms with Gasteiger partial charge < -0.3 is 36.7 Å². The van der Waals surface area contributed by atoms with Gasteiger partial charge in [0, 0.05) is 5.56 Å². The second-order valence-corrected chi connectivity index (χ2v) is 6.89. The van der Waals surface area contributed by atoms with E-state index in [2.05, 4.69) is 15.6 Å². The van der Waals surface area contributed by atoms with Crippen LogP contribution in [0, 0.1) is 0 Å². The van der Waals surface area contributed by atoms with Gasteiger partial charge in [0.2, 0.25) is 5.91 Å². The smallest absolute Gasteiger partial charge is 0.305 e. The predicted octanol–water partition coefficient (Wildman–Crippen LogP) is 0.425. The second kappa shape index (κ2) is 10.2. The summed E-state index contributed by atoms with van der Waals surface area (Å²) in [4.78, 5) is 39.9. The molecule has 7 N–H and O–H groups in total. The number of amides is 2. The lowest BCUT2D eigenvalue weighted by Crippen LogP contribution is -2.39. The third-order valence-electron chi connectivity index (χ3n) is 4.46. The lowest BCUT2D eigenvalue weighted by molar-refractivity contribution is -0.137. The Labute approximate surface area is 183 Å². The van der Waals surface area contributed by atoms with Crippen molar-refractivity contribution in [1.29, 1.82) is 0 Å². The Kier molecular flexibility index (Phi) is 7.11. The number of fused-ring (bicyclic) bond motifs is 1. The summed E-state index contributed by atoms with van der Waals surface area (Å²) in [6.07, 6.45) is -0.347. The number of aliphatic imine (C=N–C) groups is 1. The van der Waals surface area contributed by atoms with Gasteiger partial charge in [-0.25, -0.2) is 4.99 Å². The number of carbonyl (C=O) groups excluding carboxylic acids is 2. The summed E-state index contributed by atoms with van der Waals surface area (Å²) in [6, 6.07) is 10.4. The summed E-state index contributed by atoms with van der Waals surface area (Å²) in [6.45, 7) is 0.449. The Morgan fingerprint density at radius 2 is 1.81 bits per heavy atom. The van der Waals surface area contributed by atoms with Gasteiger partial charge in [-0.1, -0.05) is 12.1 Å². The third-order valence-corrected chi connectivity index (χ3v) is 4.46. The predicted molar refractivity (Wildman–Crippen MR) is 115 cm³/mol. The lowest BCUT2D eigenvalue weighted by atomic mass is 10.0. The molecule has 11 heteroatoms. The van der Waals surface area contributed by atoms with Gasteiger partial charge in [-0.2, -0.15) is 0 Å². The average molecular weight is 441 g/mol. The molecule has 1 unspecified atom stereocenters. The van der Waals surface area contributed by atoms with Crippen LogP contribution < -0.4 is 31.6 Å². The summed E-state index contributed by atoms with van der Waals surface area (Å²) in [5, 5.41) is 14.4. The number of hydrogen-bond donors (Lipinski definition) is 5. The van der Waals surface area contributed by atoms with E-state index in [4.69, 9.17) is 20.9 Å². The zero-order chi connectivity index (χ0) is 23.1. The van der Waals surface area contributed by atoms with Crippen molar-refractivity contribution >= 4 is 29.4 Å². The molecule has 3 rings (SSSR count). The summed E-state index contributed by atoms with van der Waals surface area (Å²) in [7, 11) is 0. The van der Waals surface area contributed by atoms with Gasteiger partial charge >= 0.3 is 5.97 Å². The van der Waals surface area contributed by atoms with E-state index in [1.54, 1.807) is 36.4 Å². The number of aliphatic carboxylic acids is 1. The van der Waals surface area contributed by atoms with Gasteiger partial charge in [0.25, 0.3) is 5.91 Å². The topological polar surface area (TPSA) is 178 Å². The van der Waals surface area contributed by atoms with Crippen molar-refractivity contribution in [1.82, 2.24) is 10.6 Å². The number of carboxylic acids is 1. The minimum Gasteiger partial charge on any atom is -0.486 e. The minimum absolute atomic E-state index is 0.148. The molecule has 11 nitrogen and oxygen atoms in total. The van der Waals surface area contributed by atoms with E-state index >= 15 is 0 Å². The SMILES string of the molecule is NC(N)=Nc1cccc(C(=O)NCC(=O)NC(CC(=O)O)c2ccc3c(c2)OCCO3)c1. The molecule has 0 bridgehead atoms. The zero-order valence-corrected chi connectivity index (χ0v) is 17.0. The first kappa shape index (κ1) is 22.4. The molecule has 0 saturated heterocycles. The third kappa shape index (κ3) is 6.11. The highest BCUT2D eigenvalue weighted by atomic mass is 16.6. The summed E-state index contributed by atoms with van der Waals surface area (Å²) >= 11 is 0. The summed E-state index contributed by atoms with van der Waals surface area (Å²) < 4.78 is 11.0. The van der Waals surface area contributed by atoms with Crippen molar-refractivity contribution in [3.63, 3.8) is 0 Å². The molecule has 0 saturated carbocycles. The maximum absolute atomic E-state index is 12.4. The van der Waals surface area contributed by atoms with Crippen LogP contribution in [0.5, 0.6) is 11.5 Å². The Balaban J connectivity index is 1.64. The van der Waals surface area contributed by atoms with Crippen LogP contribution in [0.3, 0.4) is 0 Å². The first-order valence-electron chi connectivity index (χ1n) is 9.70. The van der Waals surface area contributed by atoms with Crippen LogP contribution in [-0.4, -0.2) is 48.6 Å². The molecule has 0 fully saturated rings. The van der Waals surface area contributed by atoms with E-state index in [0.29, 0.717) is 36.0 Å². The van der Waals surface area contributed by atoms with Crippen molar-refractivity contribution in [3.05, 3.63) is 53.6 Å². The number of carboxylic acid groups (broad SMARTS) is 1. The fourth-order valence-electron chi connectivity index (χ4n) is 3.08. The maximum atomic E-state index is 12.4. The molecule has 1 aliphatic heterocycles. The molecule has 1 atom stereocenters. The van der Waals surface area contributed by atoms with Crippen molar-refractivity contribution in [3.8, 4) is 11.5 Å². The number of carbonyl (C=O) groups is 3. The first-order valence-corrected chi connectivity index (χ1v) is 9.70. The van der Waals surface area contributed by atoms with Gasteiger partial charge in [0.1, 0.15) is 13.2 Å². The van der Waals surface area contributed by atoms with Gasteiger partial charge in [-0.05, 0) is 35.9 Å². The van der Waals surface area contributed by atoms with Gasteiger partial charge in [0.05, 0.1) is 24.7 Å². The van der Waals surface area contributed by atoms with Crippen LogP contribution >= 0.6 is 0 Å². The van der Waals surface area contributed by atoms with Gasteiger partial charge in [-0.15, -0.1) is 0 Å². The van der Waals surface area contributed by atoms with Crippen LogP contribution in [0.4, 0.5) is 5.69 Å². The molecule has 2 aromatic carbocycles. The van der Waals surface area contributed by atoms with E-state index in [1.165, 1.54) is 6.07 Å². The Morgan fingerprint density at radius 1 is 1.06 bits per heavy atom. The monoisotopic (exact) mass is 441 g/mol. The minimum atomic E-state index is -1.09. The van der Waals surface area contributed by atoms with Crippen LogP contribution in [0.15, 0.2) is 47.5 Å². The molecule has 0 spiro atoms. The number of hydrogen-bond acceptors (Lipinski definition) is 6. The number of ether oxygens (including phenoxy) is 2. The molecule has 0 aromatic heterocycles. The number of guanidine groups is 1. The number of nitrogens with one attached hydrogen (secondary N) is 2. The molecule has 2 aromatic rings. The largest absolute Gasteiger partial charge is 0.486 e. The van der Waals surface area contributed by atoms with Crippen molar-refractivity contribution < 1.29 is 29.0 Å². The molecule has 1 aliphatic rings. The highest BCUT2D eigenvalue weighted by Crippen LogP contribution is 2.33. The first-order chi connectivity index (χ1) is 15.3. The Morgan fingerprint density at radius 3 is 2.53 bits per heavy atom. The van der Waals surface area contributed by atoms with E-state index in [-0.39, 0.29) is 24.5 Å². The fraction of sp³-hybridized carbons (Fsp3) is 0.238. The fourth-order valence-corrected chi connectivity index (χ4v) is 3.08. The van der Waals surface area contributed by atoms with E-state index in [1.807, 2.05) is 0 Å². The lowest BCUT2D eigenvalue weighted by Gasteiger charge is -2.22. The normalized spacial score (nSPS) is 12.9. The van der Waals surface area contributed by atoms with Crippen molar-refractivity contribution in [2.24, 2.45) is 16.5 Å². The van der Waals surface area contributed by atoms with E-state index in [0.717, 1.165) is 0 Å². The van der Waals surface area contributed by atoms with Gasteiger partial charge in [-0.3, -0.25) is 14.4 Å². The number of rotatable bonds is 8. The van der Waals surface area contributed by atoms with Gasteiger partial charge in [0.15, 0.2) is 17.5 Å². The highest BCUT2D eigenvalue weighted by Gasteiger charge is 2.21. The molecule has 32 heavy (non-hydrogen) atoms. The zero-order valence-electron chi connectivity index (χ0n) is 17.0. The molecule has 0 radical (unpaired) electrons. The molecule has 0 aliphatic carbocycles. The quantitative estimate of drug-likeness (QED) is 0.289. The van der Waals surface area contributed by atoms with Crippen molar-refractivity contribution in [2.75, 3.05) is 19.8 Å². The number of benzene rings is 2. The average Bonchev–Trinajstić information content (AvgIpc) is 2.76. The van der Waals surface area contributed by atoms with E-state index < -0.39 is 23.8 Å². The van der Waals surface area contributed by atoms with Crippen LogP contribution in [-0.2, 0) is 9.59 Å².